The van der Waals surface area contributed by atoms with E-state index in [0.717, 1.165) is 25.3 Å². The van der Waals surface area contributed by atoms with Crippen LogP contribution in [0.25, 0.3) is 0 Å². The maximum atomic E-state index is 4.53. The van der Waals surface area contributed by atoms with Gasteiger partial charge in [0.1, 0.15) is 0 Å². The molecule has 1 fully saturated rings. The highest BCUT2D eigenvalue weighted by Gasteiger charge is 2.31. The number of hydrogen-bond acceptors (Lipinski definition) is 4. The lowest BCUT2D eigenvalue weighted by Gasteiger charge is -2.41. The van der Waals surface area contributed by atoms with Gasteiger partial charge in [-0.2, -0.15) is 5.10 Å². The van der Waals surface area contributed by atoms with Gasteiger partial charge in [0.2, 0.25) is 0 Å². The second-order valence-corrected chi connectivity index (χ2v) is 4.99. The molecule has 1 aromatic rings. The summed E-state index contributed by atoms with van der Waals surface area (Å²) in [7, 11) is 8.37. The number of nitrogens with zero attached hydrogens (tertiary/aromatic N) is 4. The fraction of sp³-hybridized carbons (Fsp3) is 0.750. The minimum atomic E-state index is 0.295. The largest absolute Gasteiger partial charge is 0.310 e. The monoisotopic (exact) mass is 237 g/mol. The molecule has 96 valence electrons. The van der Waals surface area contributed by atoms with Gasteiger partial charge >= 0.3 is 0 Å². The minimum Gasteiger partial charge on any atom is -0.310 e. The van der Waals surface area contributed by atoms with E-state index in [0.29, 0.717) is 12.1 Å². The zero-order chi connectivity index (χ0) is 12.4. The molecule has 1 saturated heterocycles. The summed E-state index contributed by atoms with van der Waals surface area (Å²) >= 11 is 0. The Morgan fingerprint density at radius 2 is 2.12 bits per heavy atom. The SMILES string of the molecule is CNC(c1ccn(C)n1)C1CN(C)CCN1C. The fourth-order valence-electron chi connectivity index (χ4n) is 2.54. The maximum absolute atomic E-state index is 4.53. The zero-order valence-corrected chi connectivity index (χ0v) is 11.2. The number of likely N-dealkylation sites (N-methyl/N-ethyl adjacent to an activating group) is 3. The van der Waals surface area contributed by atoms with Crippen LogP contribution in [0.4, 0.5) is 0 Å². The molecule has 1 aliphatic rings. The molecule has 0 aromatic carbocycles. The second-order valence-electron chi connectivity index (χ2n) is 4.99. The van der Waals surface area contributed by atoms with Crippen LogP contribution in [0, 0.1) is 0 Å². The van der Waals surface area contributed by atoms with Crippen LogP contribution >= 0.6 is 0 Å². The smallest absolute Gasteiger partial charge is 0.0810 e. The first-order valence-electron chi connectivity index (χ1n) is 6.17. The maximum Gasteiger partial charge on any atom is 0.0810 e. The van der Waals surface area contributed by atoms with Crippen molar-refractivity contribution >= 4 is 0 Å². The highest BCUT2D eigenvalue weighted by molar-refractivity contribution is 5.10. The number of hydrogen-bond donors (Lipinski definition) is 1. The second kappa shape index (κ2) is 5.16. The summed E-state index contributed by atoms with van der Waals surface area (Å²) in [5.74, 6) is 0. The van der Waals surface area contributed by atoms with Gasteiger partial charge in [0.25, 0.3) is 0 Å². The van der Waals surface area contributed by atoms with Gasteiger partial charge in [-0.05, 0) is 27.2 Å². The lowest BCUT2D eigenvalue weighted by Crippen LogP contribution is -2.54. The third kappa shape index (κ3) is 2.68. The molecule has 1 N–H and O–H groups in total. The van der Waals surface area contributed by atoms with Gasteiger partial charge in [0.05, 0.1) is 11.7 Å². The van der Waals surface area contributed by atoms with Gasteiger partial charge in [0.15, 0.2) is 0 Å². The summed E-state index contributed by atoms with van der Waals surface area (Å²) in [4.78, 5) is 4.81. The van der Waals surface area contributed by atoms with Gasteiger partial charge in [-0.1, -0.05) is 0 Å². The predicted molar refractivity (Wildman–Crippen MR) is 68.9 cm³/mol. The van der Waals surface area contributed by atoms with Crippen LogP contribution < -0.4 is 5.32 Å². The minimum absolute atomic E-state index is 0.295. The molecule has 2 rings (SSSR count). The molecule has 0 spiro atoms. The molecule has 17 heavy (non-hydrogen) atoms. The van der Waals surface area contributed by atoms with Crippen molar-refractivity contribution in [3.05, 3.63) is 18.0 Å². The summed E-state index contributed by atoms with van der Waals surface area (Å²) in [6.07, 6.45) is 2.01. The van der Waals surface area contributed by atoms with E-state index >= 15 is 0 Å². The number of rotatable bonds is 3. The quantitative estimate of drug-likeness (QED) is 0.798. The Morgan fingerprint density at radius 3 is 2.71 bits per heavy atom. The lowest BCUT2D eigenvalue weighted by atomic mass is 10.0. The lowest BCUT2D eigenvalue weighted by molar-refractivity contribution is 0.0885. The van der Waals surface area contributed by atoms with Gasteiger partial charge < -0.3 is 10.2 Å². The molecule has 0 saturated carbocycles. The van der Waals surface area contributed by atoms with Gasteiger partial charge in [-0.15, -0.1) is 0 Å². The Balaban J connectivity index is 2.16. The van der Waals surface area contributed by atoms with E-state index in [9.17, 15) is 0 Å². The summed E-state index contributed by atoms with van der Waals surface area (Å²) in [6.45, 7) is 3.34. The molecular formula is C12H23N5. The van der Waals surface area contributed by atoms with E-state index in [-0.39, 0.29) is 0 Å². The molecule has 0 radical (unpaired) electrons. The number of piperazine rings is 1. The first kappa shape index (κ1) is 12.5. The summed E-state index contributed by atoms with van der Waals surface area (Å²) in [5.41, 5.74) is 1.13. The van der Waals surface area contributed by atoms with Crippen molar-refractivity contribution in [3.8, 4) is 0 Å². The molecule has 1 aromatic heterocycles. The number of nitrogens with one attached hydrogen (secondary N) is 1. The van der Waals surface area contributed by atoms with Crippen molar-refractivity contribution in [2.45, 2.75) is 12.1 Å². The Hall–Kier alpha value is -0.910. The summed E-state index contributed by atoms with van der Waals surface area (Å²) < 4.78 is 1.87. The van der Waals surface area contributed by atoms with Crippen LogP contribution in [0.3, 0.4) is 0 Å². The Bertz CT molecular complexity index is 362. The average Bonchev–Trinajstić information content (AvgIpc) is 2.71. The fourth-order valence-corrected chi connectivity index (χ4v) is 2.54. The Morgan fingerprint density at radius 1 is 1.35 bits per heavy atom. The van der Waals surface area contributed by atoms with Gasteiger partial charge in [0, 0.05) is 38.9 Å². The van der Waals surface area contributed by atoms with Gasteiger partial charge in [-0.3, -0.25) is 9.58 Å². The van der Waals surface area contributed by atoms with E-state index < -0.39 is 0 Å². The van der Waals surface area contributed by atoms with Crippen molar-refractivity contribution in [2.24, 2.45) is 7.05 Å². The highest BCUT2D eigenvalue weighted by Crippen LogP contribution is 2.21. The Kier molecular flexibility index (Phi) is 3.81. The normalized spacial score (nSPS) is 25.1. The van der Waals surface area contributed by atoms with Crippen molar-refractivity contribution < 1.29 is 0 Å². The van der Waals surface area contributed by atoms with Crippen LogP contribution in [0.1, 0.15) is 11.7 Å². The van der Waals surface area contributed by atoms with Crippen LogP contribution in [0.2, 0.25) is 0 Å². The zero-order valence-electron chi connectivity index (χ0n) is 11.2. The highest BCUT2D eigenvalue weighted by atomic mass is 15.3. The molecule has 2 heterocycles. The van der Waals surface area contributed by atoms with E-state index in [4.69, 9.17) is 0 Å². The van der Waals surface area contributed by atoms with E-state index in [1.165, 1.54) is 0 Å². The van der Waals surface area contributed by atoms with Crippen molar-refractivity contribution in [1.29, 1.82) is 0 Å². The predicted octanol–water partition coefficient (Wildman–Crippen LogP) is -0.0736. The average molecular weight is 237 g/mol. The van der Waals surface area contributed by atoms with Crippen LogP contribution in [-0.2, 0) is 7.05 Å². The molecule has 5 heteroatoms. The first-order valence-corrected chi connectivity index (χ1v) is 6.17. The number of aryl methyl sites for hydroxylation is 1. The van der Waals surface area contributed by atoms with E-state index in [1.54, 1.807) is 0 Å². The third-order valence-electron chi connectivity index (χ3n) is 3.65. The van der Waals surface area contributed by atoms with Crippen LogP contribution in [-0.4, -0.2) is 66.4 Å². The standard InChI is InChI=1S/C12H23N5/c1-13-12(10-5-6-17(4)14-10)11-9-15(2)7-8-16(11)3/h5-6,11-13H,7-9H2,1-4H3. The molecule has 5 nitrogen and oxygen atoms in total. The van der Waals surface area contributed by atoms with E-state index in [1.807, 2.05) is 25.0 Å². The summed E-state index contributed by atoms with van der Waals surface area (Å²) in [5, 5.41) is 7.93. The molecule has 2 unspecified atom stereocenters. The van der Waals surface area contributed by atoms with Crippen molar-refractivity contribution in [1.82, 2.24) is 24.9 Å². The molecular weight excluding hydrogens is 214 g/mol. The molecule has 0 amide bonds. The Labute approximate surface area is 103 Å². The van der Waals surface area contributed by atoms with Crippen molar-refractivity contribution in [2.75, 3.05) is 40.8 Å². The summed E-state index contributed by atoms with van der Waals surface area (Å²) in [6, 6.07) is 2.88. The van der Waals surface area contributed by atoms with Crippen LogP contribution in [0.5, 0.6) is 0 Å². The molecule has 1 aliphatic heterocycles. The first-order chi connectivity index (χ1) is 8.11. The third-order valence-corrected chi connectivity index (χ3v) is 3.65. The molecule has 0 aliphatic carbocycles. The van der Waals surface area contributed by atoms with E-state index in [2.05, 4.69) is 40.4 Å². The van der Waals surface area contributed by atoms with Gasteiger partial charge in [-0.25, -0.2) is 0 Å². The molecule has 2 atom stereocenters. The van der Waals surface area contributed by atoms with Crippen molar-refractivity contribution in [3.63, 3.8) is 0 Å². The topological polar surface area (TPSA) is 36.3 Å². The van der Waals surface area contributed by atoms with Crippen LogP contribution in [0.15, 0.2) is 12.3 Å². The molecule has 0 bridgehead atoms. The number of aromatic nitrogens is 2.